The lowest BCUT2D eigenvalue weighted by Gasteiger charge is -2.37. The molecule has 2 rings (SSSR count). The summed E-state index contributed by atoms with van der Waals surface area (Å²) in [5, 5.41) is 7.27. The maximum absolute atomic E-state index is 12.8. The van der Waals surface area contributed by atoms with Gasteiger partial charge in [-0.25, -0.2) is 0 Å². The van der Waals surface area contributed by atoms with Gasteiger partial charge < -0.3 is 10.6 Å². The molecule has 116 valence electrons. The zero-order chi connectivity index (χ0) is 15.3. The van der Waals surface area contributed by atoms with E-state index in [1.807, 2.05) is 31.2 Å². The molecule has 1 heterocycles. The Kier molecular flexibility index (Phi) is 5.65. The molecule has 0 aliphatic carbocycles. The average molecular weight is 309 g/mol. The van der Waals surface area contributed by atoms with Crippen LogP contribution in [0.5, 0.6) is 0 Å². The first-order chi connectivity index (χ1) is 10.1. The summed E-state index contributed by atoms with van der Waals surface area (Å²) in [5.41, 5.74) is 0.897. The van der Waals surface area contributed by atoms with Crippen LogP contribution in [0.4, 0.5) is 0 Å². The fraction of sp³-hybridized carbons (Fsp3) is 0.588. The van der Waals surface area contributed by atoms with Crippen LogP contribution in [0.15, 0.2) is 24.3 Å². The van der Waals surface area contributed by atoms with Gasteiger partial charge in [0.15, 0.2) is 0 Å². The van der Waals surface area contributed by atoms with E-state index in [2.05, 4.69) is 17.6 Å². The Hall–Kier alpha value is -1.06. The molecule has 1 unspecified atom stereocenters. The molecule has 0 saturated carbocycles. The summed E-state index contributed by atoms with van der Waals surface area (Å²) in [6.07, 6.45) is 3.87. The number of nitrogens with one attached hydrogen (secondary N) is 2. The smallest absolute Gasteiger partial charge is 0.226 e. The lowest BCUT2D eigenvalue weighted by atomic mass is 9.74. The van der Waals surface area contributed by atoms with Crippen molar-refractivity contribution in [1.82, 2.24) is 10.6 Å². The van der Waals surface area contributed by atoms with Gasteiger partial charge in [0.1, 0.15) is 0 Å². The van der Waals surface area contributed by atoms with Gasteiger partial charge in [0.2, 0.25) is 5.91 Å². The van der Waals surface area contributed by atoms with E-state index in [4.69, 9.17) is 11.6 Å². The molecule has 1 amide bonds. The second kappa shape index (κ2) is 7.28. The standard InChI is InChI=1S/C17H25ClN2O/c1-3-8-17(9-11-19-12-10-17)16(21)20-13(2)14-4-6-15(18)7-5-14/h4-7,13,19H,3,8-12H2,1-2H3,(H,20,21). The lowest BCUT2D eigenvalue weighted by Crippen LogP contribution is -2.48. The van der Waals surface area contributed by atoms with Crippen molar-refractivity contribution in [3.63, 3.8) is 0 Å². The molecular formula is C17H25ClN2O. The minimum Gasteiger partial charge on any atom is -0.349 e. The summed E-state index contributed by atoms with van der Waals surface area (Å²) >= 11 is 5.91. The van der Waals surface area contributed by atoms with Crippen LogP contribution in [0.25, 0.3) is 0 Å². The van der Waals surface area contributed by atoms with Crippen molar-refractivity contribution in [2.75, 3.05) is 13.1 Å². The summed E-state index contributed by atoms with van der Waals surface area (Å²) < 4.78 is 0. The molecule has 0 radical (unpaired) electrons. The predicted molar refractivity (Wildman–Crippen MR) is 87.5 cm³/mol. The first-order valence-corrected chi connectivity index (χ1v) is 8.22. The van der Waals surface area contributed by atoms with Gasteiger partial charge in [0.05, 0.1) is 11.5 Å². The largest absolute Gasteiger partial charge is 0.349 e. The van der Waals surface area contributed by atoms with Crippen LogP contribution < -0.4 is 10.6 Å². The van der Waals surface area contributed by atoms with E-state index in [-0.39, 0.29) is 17.4 Å². The number of amides is 1. The quantitative estimate of drug-likeness (QED) is 0.871. The van der Waals surface area contributed by atoms with Crippen LogP contribution in [0, 0.1) is 5.41 Å². The number of hydrogen-bond acceptors (Lipinski definition) is 2. The third-order valence-electron chi connectivity index (χ3n) is 4.49. The minimum atomic E-state index is -0.194. The molecule has 1 aromatic rings. The van der Waals surface area contributed by atoms with E-state index in [1.54, 1.807) is 0 Å². The summed E-state index contributed by atoms with van der Waals surface area (Å²) in [7, 11) is 0. The van der Waals surface area contributed by atoms with Gasteiger partial charge in [-0.3, -0.25) is 4.79 Å². The number of piperidine rings is 1. The van der Waals surface area contributed by atoms with Crippen molar-refractivity contribution < 1.29 is 4.79 Å². The van der Waals surface area contributed by atoms with E-state index in [9.17, 15) is 4.79 Å². The first-order valence-electron chi connectivity index (χ1n) is 7.84. The van der Waals surface area contributed by atoms with Gasteiger partial charge >= 0.3 is 0 Å². The topological polar surface area (TPSA) is 41.1 Å². The van der Waals surface area contributed by atoms with Crippen LogP contribution in [0.2, 0.25) is 5.02 Å². The first kappa shape index (κ1) is 16.3. The summed E-state index contributed by atoms with van der Waals surface area (Å²) in [4.78, 5) is 12.8. The minimum absolute atomic E-state index is 0.0124. The van der Waals surface area contributed by atoms with Gasteiger partial charge in [-0.2, -0.15) is 0 Å². The third-order valence-corrected chi connectivity index (χ3v) is 4.74. The summed E-state index contributed by atoms with van der Waals surface area (Å²) in [5.74, 6) is 0.202. The molecule has 0 bridgehead atoms. The average Bonchev–Trinajstić information content (AvgIpc) is 2.49. The number of hydrogen-bond donors (Lipinski definition) is 2. The SMILES string of the molecule is CCCC1(C(=O)NC(C)c2ccc(Cl)cc2)CCNCC1. The Morgan fingerprint density at radius 2 is 1.95 bits per heavy atom. The summed E-state index contributed by atoms with van der Waals surface area (Å²) in [6.45, 7) is 6.05. The van der Waals surface area contributed by atoms with Crippen molar-refractivity contribution in [3.05, 3.63) is 34.9 Å². The lowest BCUT2D eigenvalue weighted by molar-refractivity contribution is -0.133. The Balaban J connectivity index is 2.05. The zero-order valence-corrected chi connectivity index (χ0v) is 13.7. The van der Waals surface area contributed by atoms with Crippen LogP contribution >= 0.6 is 11.6 Å². The van der Waals surface area contributed by atoms with Gasteiger partial charge in [0.25, 0.3) is 0 Å². The van der Waals surface area contributed by atoms with E-state index >= 15 is 0 Å². The molecule has 2 N–H and O–H groups in total. The Bertz CT molecular complexity index is 461. The molecule has 4 heteroatoms. The molecule has 1 aliphatic heterocycles. The fourth-order valence-corrected chi connectivity index (χ4v) is 3.28. The van der Waals surface area contributed by atoms with E-state index in [0.717, 1.165) is 49.4 Å². The monoisotopic (exact) mass is 308 g/mol. The highest BCUT2D eigenvalue weighted by atomic mass is 35.5. The zero-order valence-electron chi connectivity index (χ0n) is 12.9. The number of carbonyl (C=O) groups excluding carboxylic acids is 1. The summed E-state index contributed by atoms with van der Waals surface area (Å²) in [6, 6.07) is 7.70. The van der Waals surface area contributed by atoms with Gasteiger partial charge in [-0.15, -0.1) is 0 Å². The molecular weight excluding hydrogens is 284 g/mol. The second-order valence-corrected chi connectivity index (χ2v) is 6.46. The van der Waals surface area contributed by atoms with Crippen molar-refractivity contribution in [2.24, 2.45) is 5.41 Å². The number of halogens is 1. The fourth-order valence-electron chi connectivity index (χ4n) is 3.16. The molecule has 0 aromatic heterocycles. The van der Waals surface area contributed by atoms with Crippen molar-refractivity contribution in [2.45, 2.75) is 45.6 Å². The van der Waals surface area contributed by atoms with Gasteiger partial charge in [-0.05, 0) is 57.0 Å². The van der Waals surface area contributed by atoms with Crippen LogP contribution in [-0.4, -0.2) is 19.0 Å². The van der Waals surface area contributed by atoms with Gasteiger partial charge in [-0.1, -0.05) is 37.1 Å². The molecule has 1 atom stereocenters. The van der Waals surface area contributed by atoms with E-state index < -0.39 is 0 Å². The number of carbonyl (C=O) groups is 1. The van der Waals surface area contributed by atoms with Crippen molar-refractivity contribution in [3.8, 4) is 0 Å². The highest BCUT2D eigenvalue weighted by Crippen LogP contribution is 2.35. The van der Waals surface area contributed by atoms with Crippen LogP contribution in [0.3, 0.4) is 0 Å². The van der Waals surface area contributed by atoms with E-state index in [0.29, 0.717) is 0 Å². The molecule has 21 heavy (non-hydrogen) atoms. The maximum atomic E-state index is 12.8. The highest BCUT2D eigenvalue weighted by Gasteiger charge is 2.38. The number of benzene rings is 1. The Morgan fingerprint density at radius 3 is 2.52 bits per heavy atom. The van der Waals surface area contributed by atoms with E-state index in [1.165, 1.54) is 0 Å². The van der Waals surface area contributed by atoms with Gasteiger partial charge in [0, 0.05) is 5.02 Å². The normalized spacial score (nSPS) is 19.0. The molecule has 1 aromatic carbocycles. The molecule has 1 fully saturated rings. The third kappa shape index (κ3) is 3.98. The predicted octanol–water partition coefficient (Wildman–Crippen LogP) is 3.69. The highest BCUT2D eigenvalue weighted by molar-refractivity contribution is 6.30. The van der Waals surface area contributed by atoms with Crippen molar-refractivity contribution in [1.29, 1.82) is 0 Å². The van der Waals surface area contributed by atoms with Crippen molar-refractivity contribution >= 4 is 17.5 Å². The Morgan fingerprint density at radius 1 is 1.33 bits per heavy atom. The molecule has 1 aliphatic rings. The second-order valence-electron chi connectivity index (χ2n) is 6.03. The maximum Gasteiger partial charge on any atom is 0.226 e. The molecule has 3 nitrogen and oxygen atoms in total. The molecule has 1 saturated heterocycles. The van der Waals surface area contributed by atoms with Crippen LogP contribution in [0.1, 0.15) is 51.1 Å². The van der Waals surface area contributed by atoms with Crippen LogP contribution in [-0.2, 0) is 4.79 Å². The molecule has 0 spiro atoms. The Labute approximate surface area is 132 Å². The number of rotatable bonds is 5.